The van der Waals surface area contributed by atoms with E-state index in [9.17, 15) is 34.5 Å². The Balaban J connectivity index is 1.27. The number of nitrogens with zero attached hydrogens (tertiary/aromatic N) is 1. The fourth-order valence-corrected chi connectivity index (χ4v) is 14.2. The molecule has 8 rings (SSSR count). The second-order valence-electron chi connectivity index (χ2n) is 19.7. The lowest BCUT2D eigenvalue weighted by Crippen LogP contribution is -2.53. The lowest BCUT2D eigenvalue weighted by atomic mass is 9.55. The molecule has 2 bridgehead atoms. The third-order valence-corrected chi connectivity index (χ3v) is 17.3. The van der Waals surface area contributed by atoms with Crippen molar-refractivity contribution in [1.29, 1.82) is 0 Å². The van der Waals surface area contributed by atoms with Crippen LogP contribution in [0.15, 0.2) is 71.3 Å². The highest BCUT2D eigenvalue weighted by Gasteiger charge is 2.65. The van der Waals surface area contributed by atoms with Crippen LogP contribution in [0.4, 0.5) is 0 Å². The van der Waals surface area contributed by atoms with Crippen LogP contribution >= 0.6 is 11.8 Å². The van der Waals surface area contributed by atoms with Crippen molar-refractivity contribution in [3.63, 3.8) is 0 Å². The first-order chi connectivity index (χ1) is 32.8. The summed E-state index contributed by atoms with van der Waals surface area (Å²) in [6, 6.07) is 10.3. The van der Waals surface area contributed by atoms with Crippen molar-refractivity contribution in [2.75, 3.05) is 26.5 Å². The van der Waals surface area contributed by atoms with Gasteiger partial charge >= 0.3 is 17.9 Å². The number of hydrogen-bond acceptors (Lipinski definition) is 12. The van der Waals surface area contributed by atoms with Gasteiger partial charge in [-0.3, -0.25) is 24.7 Å². The van der Waals surface area contributed by atoms with Crippen LogP contribution in [-0.2, 0) is 41.6 Å². The predicted molar refractivity (Wildman–Crippen MR) is 257 cm³/mol. The maximum Gasteiger partial charge on any atom is 0.353 e. The standard InChI is InChI=1S/C52H66N6O9S/c1-53-31-56-38(47(62)63)15-16-40(59)57-39(45(60)58-46(61)48(64)65)30-68-44-42-41-34(12-4-3-7-20-50(44)21-8-9-22-50)28-36(27-32-18-25-55-26-19-32)43-51(54-2)24-17-35(29-51)37-14-6-5-11-33(37)13-10-23-52(41,43)49(66)67-42/h5-6,11,14,18-19,25-26,34-35,38-39,44,46,53-54,56,61H,3-4,7-9,12-13,15-17,20-22,24,27-31H2,1-2H3,(H,57,59)(H,58,60)(H,62,63)(H,64,65)/t34-,35-,38-,39-,44-,46-,51-,52-/m0/s1. The molecule has 8 atom stereocenters. The smallest absolute Gasteiger partial charge is 0.353 e. The predicted octanol–water partition coefficient (Wildman–Crippen LogP) is 4.85. The van der Waals surface area contributed by atoms with Gasteiger partial charge < -0.3 is 41.3 Å². The SMILES string of the molecule is CNCN[C@@H](CCC(=O)N[C@@H](CS[C@H]1C2=C3[C@@H](CCCCCC14CCCC4)CC(Cc1ccncc1)=C1[C@]4(NC)CC[C@@H](C4)c4ccccc4CC#C[C@]31C(=O)O2)C(=O)N[C@@H](O)C(=O)O)C(=O)O. The number of nitrogens with one attached hydrogen (secondary N) is 5. The van der Waals surface area contributed by atoms with Gasteiger partial charge in [-0.15, -0.1) is 11.8 Å². The molecule has 0 radical (unpaired) electrons. The van der Waals surface area contributed by atoms with Crippen molar-refractivity contribution >= 4 is 41.5 Å². The van der Waals surface area contributed by atoms with E-state index in [1.54, 1.807) is 7.05 Å². The van der Waals surface area contributed by atoms with Gasteiger partial charge in [-0.1, -0.05) is 73.8 Å². The Kier molecular flexibility index (Phi) is 15.5. The molecule has 68 heavy (non-hydrogen) atoms. The van der Waals surface area contributed by atoms with Crippen molar-refractivity contribution in [2.45, 2.75) is 144 Å². The number of amides is 2. The molecule has 1 aromatic heterocycles. The molecule has 1 aromatic carbocycles. The highest BCUT2D eigenvalue weighted by molar-refractivity contribution is 8.00. The van der Waals surface area contributed by atoms with E-state index >= 15 is 4.79 Å². The number of esters is 1. The number of carboxylic acids is 2. The minimum Gasteiger partial charge on any atom is -0.480 e. The summed E-state index contributed by atoms with van der Waals surface area (Å²) in [7, 11) is 3.67. The molecule has 2 spiro atoms. The molecule has 1 aliphatic heterocycles. The molecule has 0 saturated heterocycles. The Morgan fingerprint density at radius 3 is 2.38 bits per heavy atom. The molecule has 6 aliphatic rings. The first kappa shape index (κ1) is 49.4. The van der Waals surface area contributed by atoms with Crippen LogP contribution in [0, 0.1) is 28.6 Å². The number of allylic oxidation sites excluding steroid dienone is 1. The number of hydrogen-bond donors (Lipinski definition) is 8. The number of carbonyl (C=O) groups is 5. The Morgan fingerprint density at radius 2 is 1.66 bits per heavy atom. The molecule has 2 fully saturated rings. The summed E-state index contributed by atoms with van der Waals surface area (Å²) in [5, 5.41) is 43.5. The molecule has 0 unspecified atom stereocenters. The van der Waals surface area contributed by atoms with Crippen molar-refractivity contribution in [1.82, 2.24) is 31.6 Å². The van der Waals surface area contributed by atoms with Crippen molar-refractivity contribution in [2.24, 2.45) is 16.7 Å². The summed E-state index contributed by atoms with van der Waals surface area (Å²) in [4.78, 5) is 71.4. The van der Waals surface area contributed by atoms with Crippen molar-refractivity contribution < 1.29 is 44.0 Å². The molecular weight excluding hydrogens is 885 g/mol. The van der Waals surface area contributed by atoms with Crippen LogP contribution in [0.5, 0.6) is 0 Å². The Morgan fingerprint density at radius 1 is 0.912 bits per heavy atom. The van der Waals surface area contributed by atoms with Gasteiger partial charge in [-0.2, -0.15) is 0 Å². The molecule has 2 saturated carbocycles. The van der Waals surface area contributed by atoms with E-state index in [1.807, 2.05) is 31.6 Å². The van der Waals surface area contributed by atoms with E-state index in [0.717, 1.165) is 100 Å². The molecule has 5 aliphatic carbocycles. The zero-order chi connectivity index (χ0) is 48.1. The van der Waals surface area contributed by atoms with Gasteiger partial charge in [0.25, 0.3) is 0 Å². The number of aliphatic hydroxyl groups excluding tert-OH is 1. The number of carbonyl (C=O) groups excluding carboxylic acids is 3. The van der Waals surface area contributed by atoms with Crippen LogP contribution in [0.3, 0.4) is 0 Å². The lowest BCUT2D eigenvalue weighted by Gasteiger charge is -2.47. The third kappa shape index (κ3) is 9.87. The van der Waals surface area contributed by atoms with E-state index in [4.69, 9.17) is 4.74 Å². The number of benzene rings is 1. The molecule has 2 aromatic rings. The molecule has 2 amide bonds. The van der Waals surface area contributed by atoms with E-state index in [2.05, 4.69) is 67.7 Å². The summed E-state index contributed by atoms with van der Waals surface area (Å²) in [5.41, 5.74) is 4.44. The van der Waals surface area contributed by atoms with Crippen LogP contribution in [0.2, 0.25) is 0 Å². The number of ether oxygens (including phenoxy) is 1. The lowest BCUT2D eigenvalue weighted by molar-refractivity contribution is -0.151. The third-order valence-electron chi connectivity index (χ3n) is 15.7. The topological polar surface area (TPSA) is 228 Å². The number of aromatic nitrogens is 1. The fraction of sp³-hybridized carbons (Fsp3) is 0.577. The number of likely N-dealkylation sites (N-methyl/N-ethyl adjacent to an activating group) is 1. The number of thioether (sulfide) groups is 1. The number of fused-ring (bicyclic) bond motifs is 5. The first-order valence-corrected chi connectivity index (χ1v) is 25.5. The van der Waals surface area contributed by atoms with Crippen LogP contribution in [0.1, 0.15) is 119 Å². The highest BCUT2D eigenvalue weighted by Crippen LogP contribution is 2.65. The van der Waals surface area contributed by atoms with Crippen molar-refractivity contribution in [3.05, 3.63) is 88.0 Å². The number of pyridine rings is 1. The van der Waals surface area contributed by atoms with E-state index < -0.39 is 58.3 Å². The fourth-order valence-electron chi connectivity index (χ4n) is 12.6. The molecule has 16 heteroatoms. The summed E-state index contributed by atoms with van der Waals surface area (Å²) >= 11 is 1.43. The van der Waals surface area contributed by atoms with Gasteiger partial charge in [0.2, 0.25) is 18.0 Å². The van der Waals surface area contributed by atoms with Crippen LogP contribution in [0.25, 0.3) is 0 Å². The Hall–Kier alpha value is -5.05. The number of rotatable bonds is 17. The van der Waals surface area contributed by atoms with E-state index in [-0.39, 0.29) is 48.5 Å². The van der Waals surface area contributed by atoms with Gasteiger partial charge in [-0.05, 0) is 130 Å². The summed E-state index contributed by atoms with van der Waals surface area (Å²) in [6.07, 6.45) is 13.8. The normalized spacial score (nSPS) is 27.3. The quantitative estimate of drug-likeness (QED) is 0.0459. The first-order valence-electron chi connectivity index (χ1n) is 24.4. The van der Waals surface area contributed by atoms with Crippen molar-refractivity contribution in [3.8, 4) is 11.8 Å². The Bertz CT molecular complexity index is 2370. The summed E-state index contributed by atoms with van der Waals surface area (Å²) < 4.78 is 6.96. The maximum atomic E-state index is 15.8. The largest absolute Gasteiger partial charge is 0.480 e. The molecule has 2 heterocycles. The minimum atomic E-state index is -2.23. The van der Waals surface area contributed by atoms with E-state index in [1.165, 1.54) is 28.5 Å². The zero-order valence-electron chi connectivity index (χ0n) is 39.2. The minimum absolute atomic E-state index is 0.0523. The zero-order valence-corrected chi connectivity index (χ0v) is 40.0. The summed E-state index contributed by atoms with van der Waals surface area (Å²) in [6.45, 7) is 0.195. The van der Waals surface area contributed by atoms with Gasteiger partial charge in [0.05, 0.1) is 5.25 Å². The van der Waals surface area contributed by atoms with Gasteiger partial charge in [0.1, 0.15) is 17.8 Å². The Labute approximate surface area is 402 Å². The maximum absolute atomic E-state index is 15.8. The average Bonchev–Trinajstić information content (AvgIpc) is 4.06. The van der Waals surface area contributed by atoms with Gasteiger partial charge in [0, 0.05) is 48.8 Å². The monoisotopic (exact) mass is 950 g/mol. The number of carboxylic acid groups (broad SMARTS) is 2. The molecular formula is C52H66N6O9S. The molecule has 8 N–H and O–H groups in total. The molecule has 364 valence electrons. The van der Waals surface area contributed by atoms with E-state index in [0.29, 0.717) is 18.6 Å². The van der Waals surface area contributed by atoms with Gasteiger partial charge in [-0.25, -0.2) is 9.59 Å². The van der Waals surface area contributed by atoms with Gasteiger partial charge in [0.15, 0.2) is 5.41 Å². The van der Waals surface area contributed by atoms with Crippen LogP contribution < -0.4 is 26.6 Å². The van der Waals surface area contributed by atoms with Crippen LogP contribution in [-0.4, -0.2) is 106 Å². The second kappa shape index (κ2) is 21.3. The highest BCUT2D eigenvalue weighted by atomic mass is 32.2. The molecule has 15 nitrogen and oxygen atoms in total. The summed E-state index contributed by atoms with van der Waals surface area (Å²) in [5.74, 6) is 3.37. The number of aliphatic hydroxyl groups is 1. The average molecular weight is 951 g/mol. The second-order valence-corrected chi connectivity index (χ2v) is 20.8. The number of aliphatic carboxylic acids is 2.